The summed E-state index contributed by atoms with van der Waals surface area (Å²) in [5, 5.41) is 0. The fourth-order valence-corrected chi connectivity index (χ4v) is 2.89. The molecule has 0 aliphatic carbocycles. The van der Waals surface area contributed by atoms with Crippen LogP contribution in [0.15, 0.2) is 24.3 Å². The van der Waals surface area contributed by atoms with E-state index in [0.717, 1.165) is 0 Å². The van der Waals surface area contributed by atoms with Gasteiger partial charge in [-0.05, 0) is 45.3 Å². The second-order valence-electron chi connectivity index (χ2n) is 7.55. The van der Waals surface area contributed by atoms with Crippen molar-refractivity contribution in [3.63, 3.8) is 0 Å². The number of rotatable bonds is 2. The Balaban J connectivity index is 1.80. The molecule has 2 saturated heterocycles. The van der Waals surface area contributed by atoms with Crippen LogP contribution in [-0.4, -0.2) is 48.1 Å². The molecule has 4 nitrogen and oxygen atoms in total. The summed E-state index contributed by atoms with van der Waals surface area (Å²) >= 11 is 0. The van der Waals surface area contributed by atoms with Gasteiger partial charge in [-0.1, -0.05) is 12.1 Å². The first kappa shape index (κ1) is 17.4. The molecule has 2 fully saturated rings. The highest BCUT2D eigenvalue weighted by atomic mass is 19.3. The molecule has 2 aliphatic heterocycles. The average molecular weight is 337 g/mol. The molecule has 7 heteroatoms. The van der Waals surface area contributed by atoms with Crippen molar-refractivity contribution < 1.29 is 22.9 Å². The highest BCUT2D eigenvalue weighted by Crippen LogP contribution is 2.36. The third-order valence-electron chi connectivity index (χ3n) is 5.12. The van der Waals surface area contributed by atoms with Crippen LogP contribution in [0.3, 0.4) is 0 Å². The van der Waals surface area contributed by atoms with E-state index in [-0.39, 0.29) is 18.9 Å². The number of likely N-dealkylation sites (tertiary alicyclic amines) is 1. The number of nitrogens with zero attached hydrogens (tertiary/aromatic N) is 1. The van der Waals surface area contributed by atoms with Gasteiger partial charge >= 0.3 is 7.12 Å². The highest BCUT2D eigenvalue weighted by molar-refractivity contribution is 6.62. The fourth-order valence-electron chi connectivity index (χ4n) is 2.89. The molecule has 1 aromatic rings. The molecule has 0 unspecified atom stereocenters. The van der Waals surface area contributed by atoms with E-state index in [9.17, 15) is 13.6 Å². The van der Waals surface area contributed by atoms with Crippen molar-refractivity contribution in [3.05, 3.63) is 29.8 Å². The molecule has 0 spiro atoms. The van der Waals surface area contributed by atoms with E-state index in [0.29, 0.717) is 11.0 Å². The lowest BCUT2D eigenvalue weighted by Gasteiger charge is -2.32. The summed E-state index contributed by atoms with van der Waals surface area (Å²) in [6, 6.07) is 6.84. The van der Waals surface area contributed by atoms with Gasteiger partial charge in [-0.2, -0.15) is 0 Å². The maximum absolute atomic E-state index is 13.3. The molecule has 24 heavy (non-hydrogen) atoms. The zero-order valence-corrected chi connectivity index (χ0v) is 14.4. The van der Waals surface area contributed by atoms with Crippen LogP contribution in [0, 0.1) is 0 Å². The van der Waals surface area contributed by atoms with Gasteiger partial charge in [0.25, 0.3) is 11.8 Å². The Bertz CT molecular complexity index is 647. The second kappa shape index (κ2) is 5.53. The van der Waals surface area contributed by atoms with Crippen molar-refractivity contribution in [3.8, 4) is 0 Å². The molecule has 0 atom stereocenters. The average Bonchev–Trinajstić information content (AvgIpc) is 2.95. The minimum atomic E-state index is -2.79. The van der Waals surface area contributed by atoms with Crippen LogP contribution >= 0.6 is 0 Å². The van der Waals surface area contributed by atoms with Crippen LogP contribution < -0.4 is 5.46 Å². The number of halogens is 2. The molecule has 0 aromatic heterocycles. The molecule has 2 aliphatic rings. The molecule has 0 saturated carbocycles. The summed E-state index contributed by atoms with van der Waals surface area (Å²) < 4.78 is 38.6. The summed E-state index contributed by atoms with van der Waals surface area (Å²) in [7, 11) is -0.581. The van der Waals surface area contributed by atoms with Crippen LogP contribution in [0.25, 0.3) is 0 Å². The Hall–Kier alpha value is -1.47. The van der Waals surface area contributed by atoms with Crippen molar-refractivity contribution in [1.82, 2.24) is 4.90 Å². The minimum absolute atomic E-state index is 0.0759. The highest BCUT2D eigenvalue weighted by Gasteiger charge is 2.51. The molecule has 2 heterocycles. The smallest absolute Gasteiger partial charge is 0.399 e. The van der Waals surface area contributed by atoms with Gasteiger partial charge in [-0.3, -0.25) is 4.79 Å². The van der Waals surface area contributed by atoms with E-state index in [4.69, 9.17) is 9.31 Å². The van der Waals surface area contributed by atoms with Gasteiger partial charge in [0, 0.05) is 18.5 Å². The van der Waals surface area contributed by atoms with Crippen LogP contribution in [0.5, 0.6) is 0 Å². The van der Waals surface area contributed by atoms with Crippen LogP contribution in [-0.2, 0) is 9.31 Å². The third-order valence-corrected chi connectivity index (χ3v) is 5.12. The molecule has 130 valence electrons. The van der Waals surface area contributed by atoms with Gasteiger partial charge in [0.05, 0.1) is 17.7 Å². The monoisotopic (exact) mass is 337 g/mol. The van der Waals surface area contributed by atoms with Crippen molar-refractivity contribution >= 4 is 18.5 Å². The summed E-state index contributed by atoms with van der Waals surface area (Å²) in [5.41, 5.74) is 0.133. The van der Waals surface area contributed by atoms with E-state index < -0.39 is 30.8 Å². The number of alkyl halides is 2. The Morgan fingerprint density at radius 2 is 1.79 bits per heavy atom. The van der Waals surface area contributed by atoms with E-state index in [1.807, 2.05) is 33.8 Å². The molecule has 3 rings (SSSR count). The maximum Gasteiger partial charge on any atom is 0.494 e. The lowest BCUT2D eigenvalue weighted by molar-refractivity contribution is 0.00578. The van der Waals surface area contributed by atoms with Crippen molar-refractivity contribution in [2.45, 2.75) is 51.2 Å². The predicted molar refractivity (Wildman–Crippen MR) is 87.6 cm³/mol. The Labute approximate surface area is 141 Å². The normalized spacial score (nSPS) is 24.4. The van der Waals surface area contributed by atoms with Crippen molar-refractivity contribution in [1.29, 1.82) is 0 Å². The summed E-state index contributed by atoms with van der Waals surface area (Å²) in [6.45, 7) is 7.37. The van der Waals surface area contributed by atoms with Crippen LogP contribution in [0.1, 0.15) is 44.5 Å². The lowest BCUT2D eigenvalue weighted by atomic mass is 9.78. The fraction of sp³-hybridized carbons (Fsp3) is 0.588. The van der Waals surface area contributed by atoms with Crippen LogP contribution in [0.2, 0.25) is 0 Å². The molecule has 0 radical (unpaired) electrons. The number of carbonyl (C=O) groups excluding carboxylic acids is 1. The van der Waals surface area contributed by atoms with Crippen LogP contribution in [0.4, 0.5) is 8.78 Å². The Kier molecular flexibility index (Phi) is 4.00. The van der Waals surface area contributed by atoms with Crippen molar-refractivity contribution in [2.75, 3.05) is 13.1 Å². The molecular formula is C17H22BF2NO3. The standard InChI is InChI=1S/C17H22BF2NO3/c1-15(2)16(3,4)24-18(23-15)13-7-5-6-12(10-13)14(22)21-9-8-17(19,20)11-21/h5-7,10H,8-9,11H2,1-4H3. The maximum atomic E-state index is 13.3. The molecule has 1 amide bonds. The quantitative estimate of drug-likeness (QED) is 0.779. The molecule has 0 bridgehead atoms. The third kappa shape index (κ3) is 3.07. The van der Waals surface area contributed by atoms with Gasteiger partial charge in [-0.25, -0.2) is 8.78 Å². The zero-order chi connectivity index (χ0) is 17.8. The first-order valence-electron chi connectivity index (χ1n) is 8.13. The molecule has 1 aromatic carbocycles. The van der Waals surface area contributed by atoms with E-state index >= 15 is 0 Å². The number of amides is 1. The van der Waals surface area contributed by atoms with Gasteiger partial charge in [0.2, 0.25) is 0 Å². The number of hydrogen-bond donors (Lipinski definition) is 0. The minimum Gasteiger partial charge on any atom is -0.399 e. The summed E-state index contributed by atoms with van der Waals surface area (Å²) in [4.78, 5) is 13.7. The van der Waals surface area contributed by atoms with E-state index in [1.54, 1.807) is 18.2 Å². The SMILES string of the molecule is CC1(C)OB(c2cccc(C(=O)N3CCC(F)(F)C3)c2)OC1(C)C. The Morgan fingerprint density at radius 3 is 2.33 bits per heavy atom. The zero-order valence-electron chi connectivity index (χ0n) is 14.4. The van der Waals surface area contributed by atoms with Gasteiger partial charge in [0.15, 0.2) is 0 Å². The Morgan fingerprint density at radius 1 is 1.17 bits per heavy atom. The lowest BCUT2D eigenvalue weighted by Crippen LogP contribution is -2.41. The first-order valence-corrected chi connectivity index (χ1v) is 8.13. The summed E-state index contributed by atoms with van der Waals surface area (Å²) in [6.07, 6.45) is -0.282. The molecule has 0 N–H and O–H groups in total. The number of benzene rings is 1. The topological polar surface area (TPSA) is 38.8 Å². The number of carbonyl (C=O) groups is 1. The predicted octanol–water partition coefficient (Wildman–Crippen LogP) is 2.47. The largest absolute Gasteiger partial charge is 0.494 e. The summed E-state index contributed by atoms with van der Waals surface area (Å²) in [5.74, 6) is -3.18. The van der Waals surface area contributed by atoms with E-state index in [2.05, 4.69) is 0 Å². The van der Waals surface area contributed by atoms with Crippen molar-refractivity contribution in [2.24, 2.45) is 0 Å². The van der Waals surface area contributed by atoms with Gasteiger partial charge in [0.1, 0.15) is 0 Å². The number of hydrogen-bond acceptors (Lipinski definition) is 3. The van der Waals surface area contributed by atoms with Gasteiger partial charge < -0.3 is 14.2 Å². The second-order valence-corrected chi connectivity index (χ2v) is 7.55. The van der Waals surface area contributed by atoms with E-state index in [1.165, 1.54) is 4.90 Å². The van der Waals surface area contributed by atoms with Gasteiger partial charge in [-0.15, -0.1) is 0 Å². The molecular weight excluding hydrogens is 315 g/mol. The first-order chi connectivity index (χ1) is 11.0.